The summed E-state index contributed by atoms with van der Waals surface area (Å²) in [5, 5.41) is 15.0. The lowest BCUT2D eigenvalue weighted by Crippen LogP contribution is -2.51. The third kappa shape index (κ3) is 4.53. The van der Waals surface area contributed by atoms with Gasteiger partial charge >= 0.3 is 0 Å². The maximum absolute atomic E-state index is 13.8. The SMILES string of the molecule is CCN(CC)c1ccc(NC(=O)C2N(CCCCCO)C(=O)[C@@H]3[C@H](C(=O)NC)[C@@H]4CCC23S4)cc1. The van der Waals surface area contributed by atoms with Gasteiger partial charge in [0.25, 0.3) is 0 Å². The van der Waals surface area contributed by atoms with Gasteiger partial charge in [-0.05, 0) is 70.2 Å². The van der Waals surface area contributed by atoms with Crippen LogP contribution in [0, 0.1) is 11.8 Å². The molecule has 3 fully saturated rings. The molecule has 0 radical (unpaired) electrons. The van der Waals surface area contributed by atoms with Gasteiger partial charge in [-0.1, -0.05) is 0 Å². The molecule has 0 aliphatic carbocycles. The van der Waals surface area contributed by atoms with Crippen LogP contribution in [0.3, 0.4) is 0 Å². The quantitative estimate of drug-likeness (QED) is 0.402. The van der Waals surface area contributed by atoms with Gasteiger partial charge in [0.15, 0.2) is 0 Å². The van der Waals surface area contributed by atoms with E-state index in [1.54, 1.807) is 23.7 Å². The molecule has 0 saturated carbocycles. The number of rotatable bonds is 11. The number of fused-ring (bicyclic) bond motifs is 1. The van der Waals surface area contributed by atoms with Gasteiger partial charge in [-0.2, -0.15) is 0 Å². The Labute approximate surface area is 212 Å². The van der Waals surface area contributed by atoms with Crippen molar-refractivity contribution in [1.29, 1.82) is 0 Å². The number of anilines is 2. The van der Waals surface area contributed by atoms with E-state index in [9.17, 15) is 14.4 Å². The van der Waals surface area contributed by atoms with Gasteiger partial charge in [-0.3, -0.25) is 14.4 Å². The van der Waals surface area contributed by atoms with Gasteiger partial charge < -0.3 is 25.5 Å². The van der Waals surface area contributed by atoms with Crippen LogP contribution in [0.2, 0.25) is 0 Å². The van der Waals surface area contributed by atoms with Crippen molar-refractivity contribution in [3.63, 3.8) is 0 Å². The molecule has 3 N–H and O–H groups in total. The lowest BCUT2D eigenvalue weighted by Gasteiger charge is -2.34. The number of aliphatic hydroxyl groups excluding tert-OH is 1. The fraction of sp³-hybridized carbons (Fsp3) is 0.654. The molecule has 2 bridgehead atoms. The van der Waals surface area contributed by atoms with E-state index in [-0.39, 0.29) is 29.6 Å². The van der Waals surface area contributed by atoms with Crippen LogP contribution in [-0.4, -0.2) is 77.1 Å². The molecule has 3 aliphatic heterocycles. The smallest absolute Gasteiger partial charge is 0.248 e. The van der Waals surface area contributed by atoms with Crippen LogP contribution in [0.4, 0.5) is 11.4 Å². The first-order valence-corrected chi connectivity index (χ1v) is 13.8. The largest absolute Gasteiger partial charge is 0.396 e. The Morgan fingerprint density at radius 1 is 1.14 bits per heavy atom. The second-order valence-corrected chi connectivity index (χ2v) is 11.3. The molecule has 4 rings (SSSR count). The van der Waals surface area contributed by atoms with Crippen molar-refractivity contribution in [3.8, 4) is 0 Å². The maximum atomic E-state index is 13.8. The predicted octanol–water partition coefficient (Wildman–Crippen LogP) is 2.47. The summed E-state index contributed by atoms with van der Waals surface area (Å²) < 4.78 is -0.568. The molecule has 3 aliphatic rings. The summed E-state index contributed by atoms with van der Waals surface area (Å²) in [6, 6.07) is 7.23. The van der Waals surface area contributed by atoms with Crippen molar-refractivity contribution in [2.24, 2.45) is 11.8 Å². The van der Waals surface area contributed by atoms with Crippen LogP contribution in [0.5, 0.6) is 0 Å². The lowest BCUT2D eigenvalue weighted by atomic mass is 9.71. The molecule has 5 atom stereocenters. The number of hydrogen-bond acceptors (Lipinski definition) is 6. The summed E-state index contributed by atoms with van der Waals surface area (Å²) in [6.07, 6.45) is 3.78. The topological polar surface area (TPSA) is 102 Å². The van der Waals surface area contributed by atoms with Crippen LogP contribution in [-0.2, 0) is 14.4 Å². The van der Waals surface area contributed by atoms with Gasteiger partial charge in [0.1, 0.15) is 6.04 Å². The first kappa shape index (κ1) is 25.8. The molecule has 35 heavy (non-hydrogen) atoms. The van der Waals surface area contributed by atoms with E-state index < -0.39 is 22.6 Å². The van der Waals surface area contributed by atoms with E-state index in [4.69, 9.17) is 5.11 Å². The van der Waals surface area contributed by atoms with Gasteiger partial charge in [-0.25, -0.2) is 0 Å². The molecular formula is C26H38N4O4S. The van der Waals surface area contributed by atoms with E-state index in [2.05, 4.69) is 29.4 Å². The monoisotopic (exact) mass is 502 g/mol. The molecule has 1 spiro atoms. The van der Waals surface area contributed by atoms with Gasteiger partial charge in [0.05, 0.1) is 16.6 Å². The minimum atomic E-state index is -0.610. The highest BCUT2D eigenvalue weighted by atomic mass is 32.2. The second-order valence-electron chi connectivity index (χ2n) is 9.69. The van der Waals surface area contributed by atoms with E-state index in [1.807, 2.05) is 24.3 Å². The average Bonchev–Trinajstić information content (AvgIpc) is 3.50. The normalized spacial score (nSPS) is 28.8. The molecule has 0 aromatic heterocycles. The molecule has 3 heterocycles. The molecule has 9 heteroatoms. The number of amides is 3. The zero-order valence-electron chi connectivity index (χ0n) is 21.0. The Bertz CT molecular complexity index is 938. The highest BCUT2D eigenvalue weighted by Gasteiger charge is 2.73. The molecule has 192 valence electrons. The summed E-state index contributed by atoms with van der Waals surface area (Å²) in [5.41, 5.74) is 1.81. The van der Waals surface area contributed by atoms with Crippen molar-refractivity contribution in [2.75, 3.05) is 43.5 Å². The lowest BCUT2D eigenvalue weighted by molar-refractivity contribution is -0.139. The molecule has 1 aromatic carbocycles. The van der Waals surface area contributed by atoms with E-state index in [1.165, 1.54) is 0 Å². The minimum Gasteiger partial charge on any atom is -0.396 e. The van der Waals surface area contributed by atoms with Crippen LogP contribution >= 0.6 is 11.8 Å². The van der Waals surface area contributed by atoms with Crippen molar-refractivity contribution in [3.05, 3.63) is 24.3 Å². The third-order valence-corrected chi connectivity index (χ3v) is 9.87. The summed E-state index contributed by atoms with van der Waals surface area (Å²) in [6.45, 7) is 6.62. The van der Waals surface area contributed by atoms with Gasteiger partial charge in [0.2, 0.25) is 17.7 Å². The Morgan fingerprint density at radius 2 is 1.86 bits per heavy atom. The summed E-state index contributed by atoms with van der Waals surface area (Å²) in [5.74, 6) is -1.21. The Morgan fingerprint density at radius 3 is 2.49 bits per heavy atom. The van der Waals surface area contributed by atoms with Crippen molar-refractivity contribution < 1.29 is 19.5 Å². The predicted molar refractivity (Wildman–Crippen MR) is 139 cm³/mol. The molecule has 3 amide bonds. The first-order chi connectivity index (χ1) is 16.9. The maximum Gasteiger partial charge on any atom is 0.248 e. The van der Waals surface area contributed by atoms with Crippen LogP contribution in [0.15, 0.2) is 24.3 Å². The number of unbranched alkanes of at least 4 members (excludes halogenated alkanes) is 2. The fourth-order valence-corrected chi connectivity index (χ4v) is 8.51. The summed E-state index contributed by atoms with van der Waals surface area (Å²) in [4.78, 5) is 44.3. The molecule has 1 aromatic rings. The van der Waals surface area contributed by atoms with Crippen molar-refractivity contribution in [1.82, 2.24) is 10.2 Å². The first-order valence-electron chi connectivity index (χ1n) is 12.9. The standard InChI is InChI=1S/C26H38N4O4S/c1-4-29(5-2)18-11-9-17(10-12-18)28-24(33)22-26-14-13-19(35-26)20(23(32)27-3)21(26)25(34)30(22)15-7-6-8-16-31/h9-12,19-22,31H,4-8,13-16H2,1-3H3,(H,27,32)(H,28,33)/t19-,20+,21-,22?,26?/m0/s1. The Hall–Kier alpha value is -2.26. The van der Waals surface area contributed by atoms with Crippen LogP contribution in [0.1, 0.15) is 46.0 Å². The van der Waals surface area contributed by atoms with E-state index in [0.29, 0.717) is 18.7 Å². The number of carbonyl (C=O) groups excluding carboxylic acids is 3. The van der Waals surface area contributed by atoms with Gasteiger partial charge in [-0.15, -0.1) is 11.8 Å². The highest BCUT2D eigenvalue weighted by molar-refractivity contribution is 8.02. The molecule has 8 nitrogen and oxygen atoms in total. The van der Waals surface area contributed by atoms with Crippen LogP contribution < -0.4 is 15.5 Å². The Kier molecular flexibility index (Phi) is 7.96. The fourth-order valence-electron chi connectivity index (χ4n) is 6.29. The summed E-state index contributed by atoms with van der Waals surface area (Å²) >= 11 is 1.68. The van der Waals surface area contributed by atoms with E-state index in [0.717, 1.165) is 44.5 Å². The van der Waals surface area contributed by atoms with Crippen molar-refractivity contribution >= 4 is 40.9 Å². The zero-order chi connectivity index (χ0) is 25.2. The molecule has 2 unspecified atom stereocenters. The number of likely N-dealkylation sites (tertiary alicyclic amines) is 1. The number of nitrogens with zero attached hydrogens (tertiary/aromatic N) is 2. The Balaban J connectivity index is 1.59. The number of hydrogen-bond donors (Lipinski definition) is 3. The van der Waals surface area contributed by atoms with Crippen molar-refractivity contribution in [2.45, 2.75) is 62.0 Å². The zero-order valence-corrected chi connectivity index (χ0v) is 21.8. The van der Waals surface area contributed by atoms with E-state index >= 15 is 0 Å². The number of thioether (sulfide) groups is 1. The number of aliphatic hydroxyl groups is 1. The van der Waals surface area contributed by atoms with Crippen LogP contribution in [0.25, 0.3) is 0 Å². The number of nitrogens with one attached hydrogen (secondary N) is 2. The second kappa shape index (κ2) is 10.8. The molecule has 3 saturated heterocycles. The average molecular weight is 503 g/mol. The minimum absolute atomic E-state index is 0.0732. The molecular weight excluding hydrogens is 464 g/mol. The number of benzene rings is 1. The third-order valence-electron chi connectivity index (χ3n) is 7.92. The highest BCUT2D eigenvalue weighted by Crippen LogP contribution is 2.66. The number of carbonyl (C=O) groups is 3. The summed E-state index contributed by atoms with van der Waals surface area (Å²) in [7, 11) is 1.61. The van der Waals surface area contributed by atoms with Gasteiger partial charge in [0, 0.05) is 49.9 Å².